The Morgan fingerprint density at radius 3 is 2.32 bits per heavy atom. The number of carbonyl (C=O) groups excluding carboxylic acids is 1. The van der Waals surface area contributed by atoms with Gasteiger partial charge in [0, 0.05) is 11.1 Å². The van der Waals surface area contributed by atoms with Crippen LogP contribution in [0.4, 0.5) is 0 Å². The summed E-state index contributed by atoms with van der Waals surface area (Å²) in [6.45, 7) is 10.3. The first-order valence-corrected chi connectivity index (χ1v) is 8.32. The van der Waals surface area contributed by atoms with Crippen molar-refractivity contribution in [2.24, 2.45) is 0 Å². The molecular weight excluding hydrogens is 312 g/mol. The smallest absolute Gasteiger partial charge is 0.204 e. The monoisotopic (exact) mass is 334 g/mol. The van der Waals surface area contributed by atoms with E-state index in [0.29, 0.717) is 5.82 Å². The molecule has 0 saturated heterocycles. The van der Waals surface area contributed by atoms with Gasteiger partial charge in [-0.05, 0) is 68.2 Å². The molecule has 0 aliphatic carbocycles. The normalized spacial score (nSPS) is 10.9. The lowest BCUT2D eigenvalue weighted by molar-refractivity contribution is 0.0960. The van der Waals surface area contributed by atoms with Crippen LogP contribution in [-0.2, 0) is 6.54 Å². The summed E-state index contributed by atoms with van der Waals surface area (Å²) in [5, 5.41) is 12.4. The maximum atomic E-state index is 12.7. The number of aryl methyl sites for hydroxylation is 2. The molecule has 0 radical (unpaired) electrons. The van der Waals surface area contributed by atoms with Crippen molar-refractivity contribution in [1.29, 1.82) is 0 Å². The van der Waals surface area contributed by atoms with Crippen LogP contribution in [0.25, 0.3) is 11.4 Å². The van der Waals surface area contributed by atoms with E-state index >= 15 is 0 Å². The summed E-state index contributed by atoms with van der Waals surface area (Å²) in [5.41, 5.74) is 7.33. The summed E-state index contributed by atoms with van der Waals surface area (Å²) in [6.07, 6.45) is 0. The van der Waals surface area contributed by atoms with E-state index < -0.39 is 0 Å². The highest BCUT2D eigenvalue weighted by molar-refractivity contribution is 5.97. The van der Waals surface area contributed by atoms with Gasteiger partial charge in [-0.25, -0.2) is 0 Å². The zero-order valence-electron chi connectivity index (χ0n) is 15.3. The molecule has 128 valence electrons. The fourth-order valence-electron chi connectivity index (χ4n) is 2.84. The third-order valence-electron chi connectivity index (χ3n) is 4.83. The van der Waals surface area contributed by atoms with E-state index in [1.165, 1.54) is 15.9 Å². The standard InChI is InChI=1S/C20H22N4O/c1-12-6-8-17(9-7-12)20-21-23-24(22-20)11-19(25)18-10-13(2)14(3)15(4)16(18)5/h6-10H,11H2,1-5H3. The SMILES string of the molecule is Cc1ccc(-c2nnn(CC(=O)c3cc(C)c(C)c(C)c3C)n2)cc1. The molecule has 2 aromatic carbocycles. The first-order chi connectivity index (χ1) is 11.9. The molecule has 1 aromatic heterocycles. The Morgan fingerprint density at radius 2 is 1.64 bits per heavy atom. The lowest BCUT2D eigenvalue weighted by Gasteiger charge is -2.13. The lowest BCUT2D eigenvalue weighted by atomic mass is 9.93. The van der Waals surface area contributed by atoms with Gasteiger partial charge >= 0.3 is 0 Å². The molecule has 0 saturated carbocycles. The van der Waals surface area contributed by atoms with Crippen LogP contribution in [0.2, 0.25) is 0 Å². The van der Waals surface area contributed by atoms with Gasteiger partial charge in [0.15, 0.2) is 5.78 Å². The fourth-order valence-corrected chi connectivity index (χ4v) is 2.84. The largest absolute Gasteiger partial charge is 0.292 e. The number of nitrogens with zero attached hydrogens (tertiary/aromatic N) is 4. The van der Waals surface area contributed by atoms with Gasteiger partial charge in [0.2, 0.25) is 5.82 Å². The number of tetrazole rings is 1. The Hall–Kier alpha value is -2.82. The molecule has 0 atom stereocenters. The predicted molar refractivity (Wildman–Crippen MR) is 97.7 cm³/mol. The second kappa shape index (κ2) is 6.59. The van der Waals surface area contributed by atoms with Gasteiger partial charge in [0.05, 0.1) is 0 Å². The summed E-state index contributed by atoms with van der Waals surface area (Å²) in [4.78, 5) is 14.1. The number of hydrogen-bond acceptors (Lipinski definition) is 4. The minimum absolute atomic E-state index is 0.00319. The van der Waals surface area contributed by atoms with Gasteiger partial charge in [-0.3, -0.25) is 4.79 Å². The van der Waals surface area contributed by atoms with Crippen molar-refractivity contribution in [1.82, 2.24) is 20.2 Å². The van der Waals surface area contributed by atoms with E-state index in [1.807, 2.05) is 51.1 Å². The minimum atomic E-state index is -0.00319. The average Bonchev–Trinajstić information content (AvgIpc) is 3.05. The van der Waals surface area contributed by atoms with Crippen LogP contribution < -0.4 is 0 Å². The zero-order valence-corrected chi connectivity index (χ0v) is 15.3. The first-order valence-electron chi connectivity index (χ1n) is 8.32. The number of hydrogen-bond donors (Lipinski definition) is 0. The summed E-state index contributed by atoms with van der Waals surface area (Å²) in [7, 11) is 0. The van der Waals surface area contributed by atoms with Gasteiger partial charge in [-0.2, -0.15) is 4.80 Å². The van der Waals surface area contributed by atoms with Gasteiger partial charge < -0.3 is 0 Å². The topological polar surface area (TPSA) is 60.7 Å². The van der Waals surface area contributed by atoms with Crippen LogP contribution in [0.5, 0.6) is 0 Å². The maximum absolute atomic E-state index is 12.7. The highest BCUT2D eigenvalue weighted by Gasteiger charge is 2.16. The third kappa shape index (κ3) is 3.36. The molecule has 0 N–H and O–H groups in total. The average molecular weight is 334 g/mol. The van der Waals surface area contributed by atoms with Crippen molar-refractivity contribution in [3.63, 3.8) is 0 Å². The summed E-state index contributed by atoms with van der Waals surface area (Å²) < 4.78 is 0. The lowest BCUT2D eigenvalue weighted by Crippen LogP contribution is -2.15. The quantitative estimate of drug-likeness (QED) is 0.682. The molecule has 5 nitrogen and oxygen atoms in total. The van der Waals surface area contributed by atoms with E-state index in [4.69, 9.17) is 0 Å². The van der Waals surface area contributed by atoms with Crippen molar-refractivity contribution in [2.45, 2.75) is 41.2 Å². The second-order valence-corrected chi connectivity index (χ2v) is 6.55. The Bertz CT molecular complexity index is 939. The Kier molecular flexibility index (Phi) is 4.49. The number of aromatic nitrogens is 4. The summed E-state index contributed by atoms with van der Waals surface area (Å²) in [5.74, 6) is 0.525. The first kappa shape index (κ1) is 17.0. The Morgan fingerprint density at radius 1 is 0.960 bits per heavy atom. The van der Waals surface area contributed by atoms with E-state index in [-0.39, 0.29) is 12.3 Å². The number of rotatable bonds is 4. The van der Waals surface area contributed by atoms with Crippen LogP contribution in [0, 0.1) is 34.6 Å². The molecule has 3 rings (SSSR count). The van der Waals surface area contributed by atoms with Crippen LogP contribution in [0.3, 0.4) is 0 Å². The molecular formula is C20H22N4O. The molecule has 0 amide bonds. The van der Waals surface area contributed by atoms with Gasteiger partial charge in [0.25, 0.3) is 0 Å². The molecule has 0 bridgehead atoms. The fraction of sp³-hybridized carbons (Fsp3) is 0.300. The number of benzene rings is 2. The van der Waals surface area contributed by atoms with Gasteiger partial charge in [0.1, 0.15) is 6.54 Å². The van der Waals surface area contributed by atoms with Crippen LogP contribution >= 0.6 is 0 Å². The van der Waals surface area contributed by atoms with E-state index in [9.17, 15) is 4.79 Å². The molecule has 0 fully saturated rings. The molecule has 5 heteroatoms. The van der Waals surface area contributed by atoms with E-state index in [1.54, 1.807) is 0 Å². The van der Waals surface area contributed by atoms with Crippen molar-refractivity contribution in [3.05, 3.63) is 63.7 Å². The molecule has 0 spiro atoms. The number of carbonyl (C=O) groups is 1. The zero-order chi connectivity index (χ0) is 18.1. The molecule has 0 aliphatic heterocycles. The molecule has 0 aliphatic rings. The van der Waals surface area contributed by atoms with Crippen molar-refractivity contribution in [3.8, 4) is 11.4 Å². The van der Waals surface area contributed by atoms with Gasteiger partial charge in [-0.1, -0.05) is 29.8 Å². The van der Waals surface area contributed by atoms with Gasteiger partial charge in [-0.15, -0.1) is 10.2 Å². The van der Waals surface area contributed by atoms with Crippen LogP contribution in [0.15, 0.2) is 30.3 Å². The Balaban J connectivity index is 1.84. The van der Waals surface area contributed by atoms with E-state index in [0.717, 1.165) is 27.8 Å². The summed E-state index contributed by atoms with van der Waals surface area (Å²) in [6, 6.07) is 9.87. The van der Waals surface area contributed by atoms with Crippen LogP contribution in [0.1, 0.15) is 38.2 Å². The van der Waals surface area contributed by atoms with Crippen molar-refractivity contribution < 1.29 is 4.79 Å². The molecule has 0 unspecified atom stereocenters. The van der Waals surface area contributed by atoms with Crippen molar-refractivity contribution in [2.75, 3.05) is 0 Å². The molecule has 1 heterocycles. The molecule has 25 heavy (non-hydrogen) atoms. The molecule has 3 aromatic rings. The number of Topliss-reactive ketones (excluding diaryl/α,β-unsaturated/α-hetero) is 1. The number of ketones is 1. The Labute approximate surface area is 147 Å². The van der Waals surface area contributed by atoms with E-state index in [2.05, 4.69) is 29.3 Å². The third-order valence-corrected chi connectivity index (χ3v) is 4.83. The predicted octanol–water partition coefficient (Wildman–Crippen LogP) is 3.77. The highest BCUT2D eigenvalue weighted by Crippen LogP contribution is 2.22. The maximum Gasteiger partial charge on any atom is 0.204 e. The second-order valence-electron chi connectivity index (χ2n) is 6.55. The summed E-state index contributed by atoms with van der Waals surface area (Å²) >= 11 is 0. The van der Waals surface area contributed by atoms with Crippen LogP contribution in [-0.4, -0.2) is 26.0 Å². The minimum Gasteiger partial charge on any atom is -0.292 e. The van der Waals surface area contributed by atoms with Crippen molar-refractivity contribution >= 4 is 5.78 Å². The highest BCUT2D eigenvalue weighted by atomic mass is 16.1.